The lowest BCUT2D eigenvalue weighted by molar-refractivity contribution is -0.338. The van der Waals surface area contributed by atoms with Crippen molar-refractivity contribution in [3.63, 3.8) is 0 Å². The first kappa shape index (κ1) is 50.9. The average Bonchev–Trinajstić information content (AvgIpc) is 3.88. The van der Waals surface area contributed by atoms with Crippen molar-refractivity contribution < 1.29 is 94.5 Å². The van der Waals surface area contributed by atoms with Crippen molar-refractivity contribution in [3.8, 4) is 0 Å². The first-order valence-electron chi connectivity index (χ1n) is 24.1. The number of aliphatic hydroxyl groups excluding tert-OH is 12. The highest BCUT2D eigenvalue weighted by Gasteiger charge is 2.85. The first-order valence-corrected chi connectivity index (χ1v) is 24.1. The molecule has 12 N–H and O–H groups in total. The Morgan fingerprint density at radius 2 is 1.35 bits per heavy atom. The molecule has 5 aliphatic carbocycles. The van der Waals surface area contributed by atoms with E-state index in [2.05, 4.69) is 34.6 Å². The summed E-state index contributed by atoms with van der Waals surface area (Å²) in [7, 11) is 0. The van der Waals surface area contributed by atoms with Crippen molar-refractivity contribution in [2.75, 3.05) is 19.8 Å². The third-order valence-electron chi connectivity index (χ3n) is 19.2. The molecule has 5 saturated carbocycles. The van der Waals surface area contributed by atoms with Crippen LogP contribution < -0.4 is 0 Å². The van der Waals surface area contributed by atoms with Crippen LogP contribution >= 0.6 is 0 Å². The molecule has 25 atom stereocenters. The van der Waals surface area contributed by atoms with E-state index in [1.165, 1.54) is 0 Å². The van der Waals surface area contributed by atoms with Gasteiger partial charge in [0.2, 0.25) is 6.29 Å². The number of carbonyl (C=O) groups is 1. The van der Waals surface area contributed by atoms with Crippen LogP contribution in [0.4, 0.5) is 0 Å². The minimum Gasteiger partial charge on any atom is -0.429 e. The van der Waals surface area contributed by atoms with Gasteiger partial charge in [0, 0.05) is 16.4 Å². The zero-order valence-electron chi connectivity index (χ0n) is 38.9. The van der Waals surface area contributed by atoms with Crippen molar-refractivity contribution in [2.24, 2.45) is 50.7 Å². The number of aliphatic hydroxyl groups is 12. The van der Waals surface area contributed by atoms with E-state index in [4.69, 9.17) is 28.4 Å². The molecule has 0 aromatic rings. The van der Waals surface area contributed by atoms with Crippen molar-refractivity contribution in [1.82, 2.24) is 0 Å². The summed E-state index contributed by atoms with van der Waals surface area (Å²) in [5.74, 6) is -0.393. The molecule has 8 aliphatic rings. The standard InChI is InChI=1S/C47H76O19/c1-20(8-7-9-21(2)39(60)66-42-38(59)34(55)32(53)24(16-48)63-42)22-14-28(50)45(6)27-11-10-26-43(3,4)30(12-13-46(26)19-47(27,46)15-29(51)44(22,45)5)65-41-37(58)35(56)33(54)25(64-41)18-62-40-36(57)31(52)23(49)17-61-40/h9,20,22-38,40-42,48-59H,7-8,10-19H2,1-6H3/b21-9+/t20-,22-,23?,24?,25?,26+,27?,28?,29?,30+,31?,32?,33?,34?,35?,36?,37?,38?,40?,41+,42?,44+,45-,46-,47+/m1/s1. The number of ether oxygens (including phenoxy) is 6. The lowest BCUT2D eigenvalue weighted by Crippen LogP contribution is -2.65. The number of rotatable bonds is 12. The molecular formula is C47H76O19. The van der Waals surface area contributed by atoms with Gasteiger partial charge in [0.05, 0.1) is 38.1 Å². The summed E-state index contributed by atoms with van der Waals surface area (Å²) in [6.45, 7) is 11.1. The van der Waals surface area contributed by atoms with E-state index in [0.717, 1.165) is 25.7 Å². The molecule has 66 heavy (non-hydrogen) atoms. The second-order valence-electron chi connectivity index (χ2n) is 22.4. The molecule has 8 rings (SSSR count). The number of hydrogen-bond donors (Lipinski definition) is 12. The van der Waals surface area contributed by atoms with Crippen LogP contribution in [0.5, 0.6) is 0 Å². The molecular weight excluding hydrogens is 868 g/mol. The number of allylic oxidation sites excluding steroid dienone is 1. The zero-order chi connectivity index (χ0) is 48.2. The molecule has 16 unspecified atom stereocenters. The maximum Gasteiger partial charge on any atom is 0.335 e. The van der Waals surface area contributed by atoms with Crippen molar-refractivity contribution in [1.29, 1.82) is 0 Å². The van der Waals surface area contributed by atoms with E-state index < -0.39 is 133 Å². The SMILES string of the molecule is C/C(=C\CC[C@@H](C)[C@H]1CC(O)[C@@]2(C)C3CC[C@H]4C(C)(C)[C@@H](O[C@@H]5OC(COC6OCC(O)C(O)C6O)C(O)C(O)C5O)CC[C@@]45C[C@@]35CC(O)[C@]12C)C(=O)OC1OC(CO)C(O)C(O)C1O. The fourth-order valence-electron chi connectivity index (χ4n) is 15.2. The Labute approximate surface area is 385 Å². The molecule has 2 spiro atoms. The Morgan fingerprint density at radius 1 is 0.727 bits per heavy atom. The maximum atomic E-state index is 13.0. The van der Waals surface area contributed by atoms with Crippen LogP contribution in [0, 0.1) is 50.7 Å². The molecule has 0 radical (unpaired) electrons. The first-order chi connectivity index (χ1) is 30.9. The molecule has 8 fully saturated rings. The molecule has 0 amide bonds. The van der Waals surface area contributed by atoms with E-state index in [1.807, 2.05) is 0 Å². The summed E-state index contributed by atoms with van der Waals surface area (Å²) in [6, 6.07) is 0. The summed E-state index contributed by atoms with van der Waals surface area (Å²) in [5, 5.41) is 128. The zero-order valence-corrected chi connectivity index (χ0v) is 38.9. The molecule has 3 saturated heterocycles. The van der Waals surface area contributed by atoms with Gasteiger partial charge >= 0.3 is 5.97 Å². The predicted molar refractivity (Wildman–Crippen MR) is 227 cm³/mol. The fraction of sp³-hybridized carbons (Fsp3) is 0.936. The Balaban J connectivity index is 0.908. The summed E-state index contributed by atoms with van der Waals surface area (Å²) >= 11 is 0. The Morgan fingerprint density at radius 3 is 2.03 bits per heavy atom. The highest BCUT2D eigenvalue weighted by molar-refractivity contribution is 5.87. The average molecular weight is 945 g/mol. The minimum absolute atomic E-state index is 0.0163. The number of carbonyl (C=O) groups excluding carboxylic acids is 1. The van der Waals surface area contributed by atoms with Gasteiger partial charge in [0.1, 0.15) is 67.1 Å². The minimum atomic E-state index is -1.71. The third kappa shape index (κ3) is 7.77. The normalized spacial score (nSPS) is 53.8. The van der Waals surface area contributed by atoms with Gasteiger partial charge in [0.15, 0.2) is 12.6 Å². The monoisotopic (exact) mass is 944 g/mol. The van der Waals surface area contributed by atoms with Gasteiger partial charge in [0.25, 0.3) is 0 Å². The Bertz CT molecular complexity index is 1780. The second-order valence-corrected chi connectivity index (χ2v) is 22.4. The molecule has 19 nitrogen and oxygen atoms in total. The molecule has 19 heteroatoms. The van der Waals surface area contributed by atoms with Gasteiger partial charge in [-0.1, -0.05) is 40.7 Å². The topological polar surface area (TPSA) is 315 Å². The third-order valence-corrected chi connectivity index (χ3v) is 19.2. The van der Waals surface area contributed by atoms with E-state index in [9.17, 15) is 66.1 Å². The highest BCUT2D eigenvalue weighted by Crippen LogP contribution is 2.89. The lowest BCUT2D eigenvalue weighted by Gasteiger charge is -2.65. The number of hydrogen-bond acceptors (Lipinski definition) is 19. The number of esters is 1. The largest absolute Gasteiger partial charge is 0.429 e. The van der Waals surface area contributed by atoms with Gasteiger partial charge in [-0.05, 0) is 105 Å². The smallest absolute Gasteiger partial charge is 0.335 e. The van der Waals surface area contributed by atoms with Gasteiger partial charge in [-0.3, -0.25) is 0 Å². The van der Waals surface area contributed by atoms with E-state index in [-0.39, 0.29) is 53.3 Å². The van der Waals surface area contributed by atoms with Crippen LogP contribution in [0.1, 0.15) is 99.3 Å². The van der Waals surface area contributed by atoms with Crippen molar-refractivity contribution >= 4 is 5.97 Å². The Hall–Kier alpha value is -1.47. The highest BCUT2D eigenvalue weighted by atomic mass is 16.7. The molecule has 3 aliphatic heterocycles. The predicted octanol–water partition coefficient (Wildman–Crippen LogP) is -1.28. The fourth-order valence-corrected chi connectivity index (χ4v) is 15.2. The van der Waals surface area contributed by atoms with E-state index in [1.54, 1.807) is 13.0 Å². The Kier molecular flexibility index (Phi) is 14.1. The molecule has 378 valence electrons. The van der Waals surface area contributed by atoms with Crippen LogP contribution in [-0.4, -0.2) is 191 Å². The summed E-state index contributed by atoms with van der Waals surface area (Å²) in [4.78, 5) is 13.0. The maximum absolute atomic E-state index is 13.0. The van der Waals surface area contributed by atoms with Gasteiger partial charge in [-0.25, -0.2) is 4.79 Å². The summed E-state index contributed by atoms with van der Waals surface area (Å²) in [6.07, 6.45) is -14.4. The van der Waals surface area contributed by atoms with Gasteiger partial charge < -0.3 is 89.7 Å². The van der Waals surface area contributed by atoms with E-state index >= 15 is 0 Å². The summed E-state index contributed by atoms with van der Waals surface area (Å²) in [5.41, 5.74) is -1.66. The van der Waals surface area contributed by atoms with Gasteiger partial charge in [-0.15, -0.1) is 0 Å². The number of fused-ring (bicyclic) bond motifs is 2. The van der Waals surface area contributed by atoms with Crippen LogP contribution in [0.25, 0.3) is 0 Å². The molecule has 3 heterocycles. The second kappa shape index (κ2) is 18.3. The van der Waals surface area contributed by atoms with Crippen LogP contribution in [0.15, 0.2) is 11.6 Å². The molecule has 0 aromatic heterocycles. The molecule has 0 bridgehead atoms. The van der Waals surface area contributed by atoms with Gasteiger partial charge in [-0.2, -0.15) is 0 Å². The lowest BCUT2D eigenvalue weighted by atomic mass is 9.40. The van der Waals surface area contributed by atoms with Crippen LogP contribution in [0.3, 0.4) is 0 Å². The van der Waals surface area contributed by atoms with Crippen LogP contribution in [-0.2, 0) is 33.2 Å². The van der Waals surface area contributed by atoms with E-state index in [0.29, 0.717) is 32.1 Å². The van der Waals surface area contributed by atoms with Crippen molar-refractivity contribution in [3.05, 3.63) is 11.6 Å². The van der Waals surface area contributed by atoms with Crippen LogP contribution in [0.2, 0.25) is 0 Å². The van der Waals surface area contributed by atoms with Crippen molar-refractivity contribution in [2.45, 2.75) is 204 Å². The quantitative estimate of drug-likeness (QED) is 0.0616. The molecule has 0 aromatic carbocycles. The summed E-state index contributed by atoms with van der Waals surface area (Å²) < 4.78 is 34.2.